The van der Waals surface area contributed by atoms with Crippen LogP contribution in [0.25, 0.3) is 0 Å². The number of carbonyl (C=O) groups is 1. The lowest BCUT2D eigenvalue weighted by Crippen LogP contribution is -2.35. The van der Waals surface area contributed by atoms with Gasteiger partial charge in [0.1, 0.15) is 4.88 Å². The minimum absolute atomic E-state index is 0.170. The molecule has 0 bridgehead atoms. The predicted molar refractivity (Wildman–Crippen MR) is 52.4 cm³/mol. The summed E-state index contributed by atoms with van der Waals surface area (Å²) in [4.78, 5) is 16.0. The van der Waals surface area contributed by atoms with Gasteiger partial charge < -0.3 is 5.73 Å². The highest BCUT2D eigenvalue weighted by molar-refractivity contribution is 7.17. The maximum absolute atomic E-state index is 11.5. The van der Waals surface area contributed by atoms with Crippen LogP contribution >= 0.6 is 11.3 Å². The molecule has 1 aromatic rings. The van der Waals surface area contributed by atoms with Crippen molar-refractivity contribution in [1.82, 2.24) is 15.4 Å². The van der Waals surface area contributed by atoms with Gasteiger partial charge in [-0.3, -0.25) is 10.2 Å². The van der Waals surface area contributed by atoms with Crippen molar-refractivity contribution in [3.05, 3.63) is 10.6 Å². The number of hydrazine groups is 1. The summed E-state index contributed by atoms with van der Waals surface area (Å²) in [5.41, 5.74) is 8.75. The van der Waals surface area contributed by atoms with Gasteiger partial charge in [-0.15, -0.1) is 0 Å². The number of nitrogens with one attached hydrogen (secondary N) is 1. The lowest BCUT2D eigenvalue weighted by molar-refractivity contribution is 0.0860. The summed E-state index contributed by atoms with van der Waals surface area (Å²) in [6.45, 7) is 1.76. The summed E-state index contributed by atoms with van der Waals surface area (Å²) in [6.07, 6.45) is 0. The average Bonchev–Trinajstić information content (AvgIpc) is 2.28. The summed E-state index contributed by atoms with van der Waals surface area (Å²) < 4.78 is 0. The summed E-state index contributed by atoms with van der Waals surface area (Å²) in [7, 11) is 3.50. The Morgan fingerprint density at radius 3 is 2.62 bits per heavy atom. The molecular weight excluding hydrogens is 188 g/mol. The molecule has 0 saturated heterocycles. The third-order valence-corrected chi connectivity index (χ3v) is 2.33. The molecule has 0 aliphatic rings. The van der Waals surface area contributed by atoms with Crippen LogP contribution in [-0.2, 0) is 0 Å². The Balaban J connectivity index is 2.82. The fraction of sp³-hybridized carbons (Fsp3) is 0.429. The molecule has 1 rings (SSSR count). The first-order valence-corrected chi connectivity index (χ1v) is 4.53. The molecule has 0 aliphatic heterocycles. The van der Waals surface area contributed by atoms with Crippen molar-refractivity contribution in [2.45, 2.75) is 6.92 Å². The molecule has 0 spiro atoms. The Morgan fingerprint density at radius 2 is 2.23 bits per heavy atom. The van der Waals surface area contributed by atoms with Crippen molar-refractivity contribution in [2.24, 2.45) is 0 Å². The second kappa shape index (κ2) is 3.71. The van der Waals surface area contributed by atoms with Crippen molar-refractivity contribution >= 4 is 22.4 Å². The number of carbonyl (C=O) groups excluding carboxylic acids is 1. The molecule has 13 heavy (non-hydrogen) atoms. The SMILES string of the molecule is Cc1nc(N)sc1C(=O)NN(C)C. The Morgan fingerprint density at radius 1 is 1.62 bits per heavy atom. The lowest BCUT2D eigenvalue weighted by Gasteiger charge is -2.10. The molecule has 0 fully saturated rings. The molecule has 5 nitrogen and oxygen atoms in total. The summed E-state index contributed by atoms with van der Waals surface area (Å²) >= 11 is 1.19. The number of hydrogen-bond acceptors (Lipinski definition) is 5. The Bertz CT molecular complexity index is 320. The van der Waals surface area contributed by atoms with Crippen LogP contribution in [0, 0.1) is 6.92 Å². The van der Waals surface area contributed by atoms with Gasteiger partial charge in [-0.2, -0.15) is 0 Å². The van der Waals surface area contributed by atoms with Gasteiger partial charge in [0.2, 0.25) is 0 Å². The van der Waals surface area contributed by atoms with Gasteiger partial charge in [-0.05, 0) is 6.92 Å². The summed E-state index contributed by atoms with van der Waals surface area (Å²) in [5, 5.41) is 2.00. The second-order valence-electron chi connectivity index (χ2n) is 2.80. The van der Waals surface area contributed by atoms with E-state index < -0.39 is 0 Å². The van der Waals surface area contributed by atoms with Crippen LogP contribution in [0.3, 0.4) is 0 Å². The number of nitrogen functional groups attached to an aromatic ring is 1. The van der Waals surface area contributed by atoms with Crippen LogP contribution in [0.1, 0.15) is 15.4 Å². The first-order chi connectivity index (χ1) is 6.00. The minimum atomic E-state index is -0.170. The van der Waals surface area contributed by atoms with E-state index in [1.54, 1.807) is 26.0 Å². The number of aromatic nitrogens is 1. The fourth-order valence-corrected chi connectivity index (χ4v) is 1.61. The van der Waals surface area contributed by atoms with Gasteiger partial charge in [0.25, 0.3) is 5.91 Å². The van der Waals surface area contributed by atoms with E-state index >= 15 is 0 Å². The van der Waals surface area contributed by atoms with Gasteiger partial charge >= 0.3 is 0 Å². The number of amides is 1. The van der Waals surface area contributed by atoms with Crippen LogP contribution in [-0.4, -0.2) is 30.0 Å². The summed E-state index contributed by atoms with van der Waals surface area (Å²) in [6, 6.07) is 0. The van der Waals surface area contributed by atoms with E-state index in [0.717, 1.165) is 0 Å². The largest absolute Gasteiger partial charge is 0.375 e. The lowest BCUT2D eigenvalue weighted by atomic mass is 10.4. The minimum Gasteiger partial charge on any atom is -0.375 e. The fourth-order valence-electron chi connectivity index (χ4n) is 0.882. The van der Waals surface area contributed by atoms with Gasteiger partial charge in [-0.1, -0.05) is 11.3 Å². The first kappa shape index (κ1) is 9.94. The maximum Gasteiger partial charge on any atom is 0.277 e. The zero-order valence-corrected chi connectivity index (χ0v) is 8.60. The van der Waals surface area contributed by atoms with Gasteiger partial charge in [0.15, 0.2) is 5.13 Å². The molecular formula is C7H12N4OS. The number of rotatable bonds is 2. The standard InChI is InChI=1S/C7H12N4OS/c1-4-5(13-7(8)9-4)6(12)10-11(2)3/h1-3H3,(H2,8,9)(H,10,12). The molecule has 0 unspecified atom stereocenters. The van der Waals surface area contributed by atoms with E-state index in [9.17, 15) is 4.79 Å². The number of hydrogen-bond donors (Lipinski definition) is 2. The Labute approximate surface area is 80.5 Å². The first-order valence-electron chi connectivity index (χ1n) is 3.72. The van der Waals surface area contributed by atoms with E-state index in [1.807, 2.05) is 0 Å². The maximum atomic E-state index is 11.5. The molecule has 1 aromatic heterocycles. The quantitative estimate of drug-likeness (QED) is 0.671. The average molecular weight is 200 g/mol. The van der Waals surface area contributed by atoms with Crippen LogP contribution in [0.4, 0.5) is 5.13 Å². The van der Waals surface area contributed by atoms with Crippen molar-refractivity contribution in [3.63, 3.8) is 0 Å². The van der Waals surface area contributed by atoms with Crippen molar-refractivity contribution in [1.29, 1.82) is 0 Å². The molecule has 1 heterocycles. The van der Waals surface area contributed by atoms with E-state index in [4.69, 9.17) is 5.73 Å². The van der Waals surface area contributed by atoms with Crippen LogP contribution in [0.5, 0.6) is 0 Å². The molecule has 1 amide bonds. The van der Waals surface area contributed by atoms with Crippen molar-refractivity contribution < 1.29 is 4.79 Å². The molecule has 0 aliphatic carbocycles. The van der Waals surface area contributed by atoms with Gasteiger partial charge in [0.05, 0.1) is 5.69 Å². The second-order valence-corrected chi connectivity index (χ2v) is 3.83. The van der Waals surface area contributed by atoms with Crippen LogP contribution < -0.4 is 11.2 Å². The van der Waals surface area contributed by atoms with Crippen molar-refractivity contribution in [3.8, 4) is 0 Å². The van der Waals surface area contributed by atoms with Gasteiger partial charge in [0, 0.05) is 14.1 Å². The molecule has 0 atom stereocenters. The summed E-state index contributed by atoms with van der Waals surface area (Å²) in [5.74, 6) is -0.170. The van der Waals surface area contributed by atoms with Crippen molar-refractivity contribution in [2.75, 3.05) is 19.8 Å². The third kappa shape index (κ3) is 2.40. The third-order valence-electron chi connectivity index (χ3n) is 1.34. The topological polar surface area (TPSA) is 71.2 Å². The van der Waals surface area contributed by atoms with E-state index in [-0.39, 0.29) is 5.91 Å². The molecule has 0 radical (unpaired) electrons. The monoisotopic (exact) mass is 200 g/mol. The number of thiazole rings is 1. The van der Waals surface area contributed by atoms with E-state index in [2.05, 4.69) is 10.4 Å². The Kier molecular flexibility index (Phi) is 2.84. The van der Waals surface area contributed by atoms with Crippen LogP contribution in [0.2, 0.25) is 0 Å². The van der Waals surface area contributed by atoms with E-state index in [1.165, 1.54) is 11.3 Å². The molecule has 0 saturated carbocycles. The number of anilines is 1. The normalized spacial score (nSPS) is 10.5. The zero-order valence-electron chi connectivity index (χ0n) is 7.79. The Hall–Kier alpha value is -1.14. The smallest absolute Gasteiger partial charge is 0.277 e. The number of aryl methyl sites for hydroxylation is 1. The van der Waals surface area contributed by atoms with Gasteiger partial charge in [-0.25, -0.2) is 9.99 Å². The molecule has 72 valence electrons. The highest BCUT2D eigenvalue weighted by Crippen LogP contribution is 2.19. The predicted octanol–water partition coefficient (Wildman–Crippen LogP) is 0.240. The van der Waals surface area contributed by atoms with E-state index in [0.29, 0.717) is 15.7 Å². The highest BCUT2D eigenvalue weighted by Gasteiger charge is 2.13. The number of nitrogens with two attached hydrogens (primary N) is 1. The van der Waals surface area contributed by atoms with Crippen LogP contribution in [0.15, 0.2) is 0 Å². The highest BCUT2D eigenvalue weighted by atomic mass is 32.1. The molecule has 6 heteroatoms. The number of nitrogens with zero attached hydrogens (tertiary/aromatic N) is 2. The molecule has 0 aromatic carbocycles. The molecule has 3 N–H and O–H groups in total. The zero-order chi connectivity index (χ0) is 10.0.